The number of amides is 2. The molecular weight excluding hydrogens is 554 g/mol. The molecule has 0 bridgehead atoms. The maximum absolute atomic E-state index is 12.9. The molecule has 0 radical (unpaired) electrons. The first-order chi connectivity index (χ1) is 21.4. The molecule has 0 unspecified atom stereocenters. The first kappa shape index (κ1) is 28.8. The first-order valence-electron chi connectivity index (χ1n) is 14.8. The fraction of sp³-hybridized carbons (Fsp3) is 0.200. The van der Waals surface area contributed by atoms with Gasteiger partial charge in [-0.3, -0.25) is 9.59 Å². The van der Waals surface area contributed by atoms with Crippen molar-refractivity contribution in [2.45, 2.75) is 25.9 Å². The Hall–Kier alpha value is -5.28. The zero-order valence-corrected chi connectivity index (χ0v) is 24.5. The summed E-state index contributed by atoms with van der Waals surface area (Å²) in [6, 6.07) is 30.0. The molecule has 6 rings (SSSR count). The lowest BCUT2D eigenvalue weighted by Crippen LogP contribution is -2.35. The SMILES string of the molecule is CCOn1ccc2cc(C(=O)Nc3ccc(Nc4ccc(NC(=O)c5ccc(N6CCC(O)CC6)cc5)cc4)cc3)ccc21. The van der Waals surface area contributed by atoms with Gasteiger partial charge in [0.25, 0.3) is 11.8 Å². The van der Waals surface area contributed by atoms with Crippen LogP contribution in [0.4, 0.5) is 28.4 Å². The molecule has 0 aliphatic carbocycles. The maximum Gasteiger partial charge on any atom is 0.255 e. The number of aromatic nitrogens is 1. The van der Waals surface area contributed by atoms with E-state index < -0.39 is 0 Å². The number of hydrogen-bond acceptors (Lipinski definition) is 6. The number of rotatable bonds is 9. The van der Waals surface area contributed by atoms with Crippen LogP contribution >= 0.6 is 0 Å². The van der Waals surface area contributed by atoms with Crippen LogP contribution in [0.2, 0.25) is 0 Å². The maximum atomic E-state index is 12.9. The highest BCUT2D eigenvalue weighted by molar-refractivity contribution is 6.06. The van der Waals surface area contributed by atoms with Crippen LogP contribution in [-0.4, -0.2) is 47.5 Å². The summed E-state index contributed by atoms with van der Waals surface area (Å²) in [5, 5.41) is 19.9. The predicted molar refractivity (Wildman–Crippen MR) is 175 cm³/mol. The Morgan fingerprint density at radius 1 is 0.750 bits per heavy atom. The summed E-state index contributed by atoms with van der Waals surface area (Å²) in [5.74, 6) is -0.360. The van der Waals surface area contributed by atoms with E-state index >= 15 is 0 Å². The second-order valence-corrected chi connectivity index (χ2v) is 10.8. The van der Waals surface area contributed by atoms with Gasteiger partial charge in [0.05, 0.1) is 11.6 Å². The third-order valence-electron chi connectivity index (χ3n) is 7.72. The van der Waals surface area contributed by atoms with Crippen molar-refractivity contribution in [3.63, 3.8) is 0 Å². The van der Waals surface area contributed by atoms with E-state index in [0.29, 0.717) is 29.1 Å². The third kappa shape index (κ3) is 6.68. The van der Waals surface area contributed by atoms with Gasteiger partial charge in [0.2, 0.25) is 0 Å². The number of aliphatic hydroxyl groups excluding tert-OH is 1. The number of carbonyl (C=O) groups excluding carboxylic acids is 2. The Balaban J connectivity index is 1.01. The number of piperidine rings is 1. The van der Waals surface area contributed by atoms with Crippen molar-refractivity contribution < 1.29 is 19.5 Å². The number of hydrogen-bond donors (Lipinski definition) is 4. The first-order valence-corrected chi connectivity index (χ1v) is 14.8. The van der Waals surface area contributed by atoms with Crippen LogP contribution in [0.5, 0.6) is 0 Å². The highest BCUT2D eigenvalue weighted by Crippen LogP contribution is 2.24. The van der Waals surface area contributed by atoms with Crippen molar-refractivity contribution in [3.05, 3.63) is 114 Å². The standard InChI is InChI=1S/C35H35N5O4/c1-2-44-40-22-17-25-23-26(5-16-33(25)40)35(43)38-30-12-8-28(9-13-30)36-27-6-10-29(11-7-27)37-34(42)24-3-14-31(15-4-24)39-20-18-32(41)19-21-39/h3-17,22-23,32,36,41H,2,18-21H2,1H3,(H,37,42)(H,38,43). The van der Waals surface area contributed by atoms with E-state index in [-0.39, 0.29) is 17.9 Å². The largest absolute Gasteiger partial charge is 0.414 e. The Bertz CT molecular complexity index is 1740. The van der Waals surface area contributed by atoms with E-state index in [9.17, 15) is 14.7 Å². The topological polar surface area (TPSA) is 108 Å². The normalized spacial score (nSPS) is 13.5. The van der Waals surface area contributed by atoms with Crippen molar-refractivity contribution in [1.29, 1.82) is 0 Å². The number of aliphatic hydroxyl groups is 1. The van der Waals surface area contributed by atoms with Crippen LogP contribution in [0.1, 0.15) is 40.5 Å². The monoisotopic (exact) mass is 589 g/mol. The molecule has 2 amide bonds. The zero-order valence-electron chi connectivity index (χ0n) is 24.5. The van der Waals surface area contributed by atoms with Gasteiger partial charge in [-0.25, -0.2) is 0 Å². The van der Waals surface area contributed by atoms with Gasteiger partial charge >= 0.3 is 0 Å². The summed E-state index contributed by atoms with van der Waals surface area (Å²) in [6.07, 6.45) is 3.16. The molecule has 0 saturated carbocycles. The molecule has 1 aliphatic heterocycles. The van der Waals surface area contributed by atoms with Gasteiger partial charge in [0, 0.05) is 64.2 Å². The van der Waals surface area contributed by atoms with Crippen molar-refractivity contribution in [1.82, 2.24) is 4.73 Å². The number of fused-ring (bicyclic) bond motifs is 1. The van der Waals surface area contributed by atoms with E-state index in [4.69, 9.17) is 4.84 Å². The van der Waals surface area contributed by atoms with Crippen molar-refractivity contribution in [3.8, 4) is 0 Å². The molecule has 4 N–H and O–H groups in total. The summed E-state index contributed by atoms with van der Waals surface area (Å²) in [4.78, 5) is 33.4. The van der Waals surface area contributed by atoms with Crippen LogP contribution in [0.25, 0.3) is 10.9 Å². The number of nitrogens with one attached hydrogen (secondary N) is 3. The van der Waals surface area contributed by atoms with Gasteiger partial charge in [0.1, 0.15) is 6.61 Å². The van der Waals surface area contributed by atoms with E-state index in [2.05, 4.69) is 20.9 Å². The van der Waals surface area contributed by atoms with E-state index in [0.717, 1.165) is 53.9 Å². The summed E-state index contributed by atoms with van der Waals surface area (Å²) < 4.78 is 1.70. The molecular formula is C35H35N5O4. The van der Waals surface area contributed by atoms with Gasteiger partial charge < -0.3 is 30.8 Å². The smallest absolute Gasteiger partial charge is 0.255 e. The second-order valence-electron chi connectivity index (χ2n) is 10.8. The fourth-order valence-electron chi connectivity index (χ4n) is 5.30. The molecule has 1 aliphatic rings. The molecule has 0 atom stereocenters. The highest BCUT2D eigenvalue weighted by Gasteiger charge is 2.17. The predicted octanol–water partition coefficient (Wildman–Crippen LogP) is 6.30. The van der Waals surface area contributed by atoms with Gasteiger partial charge in [0.15, 0.2) is 0 Å². The average Bonchev–Trinajstić information content (AvgIpc) is 3.45. The molecule has 2 heterocycles. The molecule has 44 heavy (non-hydrogen) atoms. The second kappa shape index (κ2) is 12.9. The van der Waals surface area contributed by atoms with Gasteiger partial charge in [-0.1, -0.05) is 0 Å². The van der Waals surface area contributed by atoms with Crippen LogP contribution in [0.3, 0.4) is 0 Å². The Morgan fingerprint density at radius 2 is 1.30 bits per heavy atom. The molecule has 1 saturated heterocycles. The lowest BCUT2D eigenvalue weighted by molar-refractivity contribution is 0.101. The molecule has 9 heteroatoms. The summed E-state index contributed by atoms with van der Waals surface area (Å²) >= 11 is 0. The molecule has 224 valence electrons. The van der Waals surface area contributed by atoms with Crippen LogP contribution in [0.15, 0.2) is 103 Å². The Labute approximate surface area is 256 Å². The minimum atomic E-state index is -0.216. The van der Waals surface area contributed by atoms with Gasteiger partial charge in [-0.15, -0.1) is 0 Å². The van der Waals surface area contributed by atoms with E-state index in [1.54, 1.807) is 10.8 Å². The molecule has 1 aromatic heterocycles. The highest BCUT2D eigenvalue weighted by atomic mass is 16.7. The minimum Gasteiger partial charge on any atom is -0.414 e. The number of benzene rings is 4. The zero-order chi connectivity index (χ0) is 30.5. The molecule has 4 aromatic carbocycles. The molecule has 9 nitrogen and oxygen atoms in total. The third-order valence-corrected chi connectivity index (χ3v) is 7.72. The van der Waals surface area contributed by atoms with Crippen molar-refractivity contribution >= 4 is 51.2 Å². The molecule has 1 fully saturated rings. The fourth-order valence-corrected chi connectivity index (χ4v) is 5.30. The minimum absolute atomic E-state index is 0.173. The van der Waals surface area contributed by atoms with Gasteiger partial charge in [-0.05, 0) is 117 Å². The Morgan fingerprint density at radius 3 is 1.89 bits per heavy atom. The van der Waals surface area contributed by atoms with E-state index in [1.165, 1.54) is 0 Å². The summed E-state index contributed by atoms with van der Waals surface area (Å²) in [5.41, 5.74) is 6.23. The number of anilines is 5. The average molecular weight is 590 g/mol. The quantitative estimate of drug-likeness (QED) is 0.161. The molecule has 0 spiro atoms. The van der Waals surface area contributed by atoms with Crippen LogP contribution in [-0.2, 0) is 0 Å². The van der Waals surface area contributed by atoms with Gasteiger partial charge in [-0.2, -0.15) is 4.73 Å². The van der Waals surface area contributed by atoms with E-state index in [1.807, 2.05) is 104 Å². The van der Waals surface area contributed by atoms with Crippen LogP contribution < -0.4 is 25.7 Å². The van der Waals surface area contributed by atoms with Crippen molar-refractivity contribution in [2.24, 2.45) is 0 Å². The lowest BCUT2D eigenvalue weighted by Gasteiger charge is -2.31. The Kier molecular flexibility index (Phi) is 8.47. The summed E-state index contributed by atoms with van der Waals surface area (Å²) in [6.45, 7) is 4.12. The molecule has 5 aromatic rings. The summed E-state index contributed by atoms with van der Waals surface area (Å²) in [7, 11) is 0. The number of nitrogens with zero attached hydrogens (tertiary/aromatic N) is 2. The van der Waals surface area contributed by atoms with Crippen molar-refractivity contribution in [2.75, 3.05) is 40.5 Å². The van der Waals surface area contributed by atoms with Crippen LogP contribution in [0, 0.1) is 0 Å². The lowest BCUT2D eigenvalue weighted by atomic mass is 10.1. The number of carbonyl (C=O) groups is 2.